The number of hydrogen-bond donors (Lipinski definition) is 2. The van der Waals surface area contributed by atoms with Crippen molar-refractivity contribution in [1.29, 1.82) is 0 Å². The van der Waals surface area contributed by atoms with E-state index in [4.69, 9.17) is 9.47 Å². The van der Waals surface area contributed by atoms with Gasteiger partial charge in [0, 0.05) is 6.61 Å². The van der Waals surface area contributed by atoms with E-state index in [1.165, 1.54) is 55.9 Å². The third-order valence-corrected chi connectivity index (χ3v) is 8.71. The minimum absolute atomic E-state index is 0.123. The van der Waals surface area contributed by atoms with Crippen LogP contribution in [0.5, 0.6) is 0 Å². The first-order valence-electron chi connectivity index (χ1n) is 14.1. The van der Waals surface area contributed by atoms with Gasteiger partial charge in [-0.15, -0.1) is 11.8 Å². The number of hydrogen-bond acceptors (Lipinski definition) is 6. The van der Waals surface area contributed by atoms with Crippen LogP contribution in [0.4, 0.5) is 0 Å². The fraction of sp³-hybridized carbons (Fsp3) is 0.759. The molecule has 4 atom stereocenters. The average Bonchev–Trinajstić information content (AvgIpc) is 2.91. The van der Waals surface area contributed by atoms with Crippen LogP contribution in [0.25, 0.3) is 0 Å². The van der Waals surface area contributed by atoms with Gasteiger partial charge in [-0.2, -0.15) is 0 Å². The van der Waals surface area contributed by atoms with Gasteiger partial charge in [0.25, 0.3) is 5.34 Å². The number of carboxylic acid groups (broad SMARTS) is 1. The second kappa shape index (κ2) is 20.9. The van der Waals surface area contributed by atoms with Crippen molar-refractivity contribution in [3.63, 3.8) is 0 Å². The van der Waals surface area contributed by atoms with Crippen LogP contribution in [0.3, 0.4) is 0 Å². The van der Waals surface area contributed by atoms with E-state index in [0.717, 1.165) is 38.5 Å². The normalized spacial score (nSPS) is 15.8. The topological polar surface area (TPSA) is 93.1 Å². The van der Waals surface area contributed by atoms with E-state index < -0.39 is 25.2 Å². The summed E-state index contributed by atoms with van der Waals surface area (Å²) in [5.74, 6) is -0.641. The Morgan fingerprint density at radius 2 is 1.57 bits per heavy atom. The van der Waals surface area contributed by atoms with Crippen molar-refractivity contribution < 1.29 is 29.0 Å². The predicted molar refractivity (Wildman–Crippen MR) is 154 cm³/mol. The summed E-state index contributed by atoms with van der Waals surface area (Å²) in [6.45, 7) is 7.01. The van der Waals surface area contributed by atoms with Crippen LogP contribution >= 0.6 is 20.2 Å². The second-order valence-electron chi connectivity index (χ2n) is 9.85. The van der Waals surface area contributed by atoms with Crippen LogP contribution in [0, 0.1) is 0 Å². The smallest absolute Gasteiger partial charge is 0.351 e. The molecule has 0 saturated carbocycles. The Morgan fingerprint density at radius 3 is 2.16 bits per heavy atom. The second-order valence-corrected chi connectivity index (χ2v) is 11.9. The molecule has 0 amide bonds. The average molecular weight is 557 g/mol. The molecular weight excluding hydrogens is 507 g/mol. The molecule has 6 nitrogen and oxygen atoms in total. The monoisotopic (exact) mass is 556 g/mol. The molecule has 1 rings (SSSR count). The number of aliphatic hydroxyl groups is 1. The molecule has 1 aromatic rings. The van der Waals surface area contributed by atoms with Crippen molar-refractivity contribution in [3.8, 4) is 0 Å². The number of unbranched alkanes of at least 4 members (excludes halogenated alkanes) is 8. The van der Waals surface area contributed by atoms with Crippen LogP contribution in [0.15, 0.2) is 30.3 Å². The molecule has 0 fully saturated rings. The summed E-state index contributed by atoms with van der Waals surface area (Å²) in [5.41, 5.74) is 0.0911. The molecule has 212 valence electrons. The standard InChI is InChI=1S/C29H49O6PS/c1-4-6-8-9-10-11-12-16-21-34-24(3)23-35-28(29(32,36-33)27(30)31)37-22-20-26(17-7-5-2)25-18-14-13-15-19-25/h13-15,18-19,24,26,28,32H,4-12,16-17,20-23H2,1-3H3,(H,30,31). The number of ether oxygens (including phenoxy) is 2. The number of benzene rings is 1. The number of carboxylic acids is 1. The van der Waals surface area contributed by atoms with Gasteiger partial charge in [0.15, 0.2) is 5.44 Å². The van der Waals surface area contributed by atoms with E-state index in [-0.39, 0.29) is 12.7 Å². The van der Waals surface area contributed by atoms with Gasteiger partial charge in [0.2, 0.25) is 8.46 Å². The molecule has 8 heteroatoms. The van der Waals surface area contributed by atoms with Gasteiger partial charge >= 0.3 is 5.97 Å². The highest BCUT2D eigenvalue weighted by molar-refractivity contribution is 8.00. The summed E-state index contributed by atoms with van der Waals surface area (Å²) in [4.78, 5) is 11.8. The van der Waals surface area contributed by atoms with Crippen molar-refractivity contribution in [3.05, 3.63) is 35.9 Å². The molecule has 0 aromatic heterocycles. The Morgan fingerprint density at radius 1 is 0.946 bits per heavy atom. The zero-order valence-electron chi connectivity index (χ0n) is 23.1. The molecule has 0 spiro atoms. The molecule has 0 aliphatic carbocycles. The lowest BCUT2D eigenvalue weighted by atomic mass is 9.91. The molecule has 4 unspecified atom stereocenters. The Labute approximate surface area is 230 Å². The number of carbonyl (C=O) groups is 1. The van der Waals surface area contributed by atoms with E-state index in [1.807, 2.05) is 25.1 Å². The van der Waals surface area contributed by atoms with E-state index in [9.17, 15) is 19.6 Å². The zero-order chi connectivity index (χ0) is 27.4. The highest BCUT2D eigenvalue weighted by atomic mass is 32.2. The van der Waals surface area contributed by atoms with Crippen molar-refractivity contribution in [2.45, 2.75) is 121 Å². The van der Waals surface area contributed by atoms with Crippen LogP contribution in [-0.2, 0) is 18.8 Å². The van der Waals surface area contributed by atoms with E-state index in [2.05, 4.69) is 26.0 Å². The van der Waals surface area contributed by atoms with Crippen LogP contribution in [0.1, 0.15) is 109 Å². The maximum atomic E-state index is 11.8. The highest BCUT2D eigenvalue weighted by Crippen LogP contribution is 2.36. The van der Waals surface area contributed by atoms with Gasteiger partial charge in [-0.05, 0) is 43.4 Å². The van der Waals surface area contributed by atoms with Crippen molar-refractivity contribution >= 4 is 26.2 Å². The molecule has 37 heavy (non-hydrogen) atoms. The summed E-state index contributed by atoms with van der Waals surface area (Å²) >= 11 is 1.21. The number of thioether (sulfide) groups is 1. The van der Waals surface area contributed by atoms with Crippen molar-refractivity contribution in [2.75, 3.05) is 19.0 Å². The van der Waals surface area contributed by atoms with Gasteiger partial charge in [0.05, 0.1) is 12.7 Å². The molecule has 0 bridgehead atoms. The summed E-state index contributed by atoms with van der Waals surface area (Å²) in [5, 5.41) is 17.7. The summed E-state index contributed by atoms with van der Waals surface area (Å²) < 4.78 is 23.4. The fourth-order valence-electron chi connectivity index (χ4n) is 4.23. The molecular formula is C29H49O6PS. The summed E-state index contributed by atoms with van der Waals surface area (Å²) in [7, 11) is -0.887. The first kappa shape index (κ1) is 34.0. The van der Waals surface area contributed by atoms with Gasteiger partial charge in [-0.1, -0.05) is 102 Å². The highest BCUT2D eigenvalue weighted by Gasteiger charge is 2.47. The van der Waals surface area contributed by atoms with E-state index >= 15 is 0 Å². The maximum Gasteiger partial charge on any atom is 0.351 e. The van der Waals surface area contributed by atoms with Crippen molar-refractivity contribution in [1.82, 2.24) is 0 Å². The largest absolute Gasteiger partial charge is 0.478 e. The lowest BCUT2D eigenvalue weighted by Gasteiger charge is -2.28. The number of aliphatic carboxylic acids is 1. The third kappa shape index (κ3) is 14.1. The lowest BCUT2D eigenvalue weighted by Crippen LogP contribution is -2.45. The maximum absolute atomic E-state index is 11.8. The number of rotatable bonds is 24. The molecule has 1 aromatic carbocycles. The predicted octanol–water partition coefficient (Wildman–Crippen LogP) is 8.04. The Bertz CT molecular complexity index is 722. The quantitative estimate of drug-likeness (QED) is 0.0756. The van der Waals surface area contributed by atoms with Crippen LogP contribution < -0.4 is 0 Å². The van der Waals surface area contributed by atoms with Gasteiger partial charge < -0.3 is 19.7 Å². The fourth-order valence-corrected chi connectivity index (χ4v) is 5.96. The van der Waals surface area contributed by atoms with E-state index in [0.29, 0.717) is 18.3 Å². The molecule has 0 saturated heterocycles. The zero-order valence-corrected chi connectivity index (χ0v) is 24.8. The minimum Gasteiger partial charge on any atom is -0.478 e. The van der Waals surface area contributed by atoms with Crippen LogP contribution in [0.2, 0.25) is 0 Å². The third-order valence-electron chi connectivity index (χ3n) is 6.58. The van der Waals surface area contributed by atoms with E-state index in [1.54, 1.807) is 0 Å². The Balaban J connectivity index is 2.54. The Kier molecular flexibility index (Phi) is 19.2. The molecule has 0 radical (unpaired) electrons. The molecule has 0 aliphatic rings. The first-order valence-corrected chi connectivity index (χ1v) is 15.9. The van der Waals surface area contributed by atoms with Gasteiger partial charge in [0.1, 0.15) is 0 Å². The SMILES string of the molecule is CCCCCCCCCCOC(C)COC(SCCC(CCCC)c1ccccc1)C(O)(P=O)C(=O)O. The van der Waals surface area contributed by atoms with Gasteiger partial charge in [-0.25, -0.2) is 4.79 Å². The molecule has 0 aliphatic heterocycles. The van der Waals surface area contributed by atoms with Crippen LogP contribution in [-0.4, -0.2) is 52.0 Å². The summed E-state index contributed by atoms with van der Waals surface area (Å²) in [6.07, 6.45) is 13.6. The lowest BCUT2D eigenvalue weighted by molar-refractivity contribution is -0.157. The van der Waals surface area contributed by atoms with Gasteiger partial charge in [-0.3, -0.25) is 4.57 Å². The first-order chi connectivity index (χ1) is 17.9. The molecule has 2 N–H and O–H groups in total. The minimum atomic E-state index is -2.51. The molecule has 0 heterocycles. The Hall–Kier alpha value is -0.980. The van der Waals surface area contributed by atoms with Crippen molar-refractivity contribution in [2.24, 2.45) is 0 Å². The summed E-state index contributed by atoms with van der Waals surface area (Å²) in [6, 6.07) is 10.3.